The van der Waals surface area contributed by atoms with Crippen LogP contribution in [-0.2, 0) is 6.42 Å². The summed E-state index contributed by atoms with van der Waals surface area (Å²) >= 11 is 0. The molecule has 0 amide bonds. The van der Waals surface area contributed by atoms with E-state index in [-0.39, 0.29) is 12.1 Å². The quantitative estimate of drug-likeness (QED) is 0.841. The van der Waals surface area contributed by atoms with Crippen molar-refractivity contribution < 1.29 is 4.74 Å². The lowest BCUT2D eigenvalue weighted by molar-refractivity contribution is 0.234. The number of anilines is 1. The van der Waals surface area contributed by atoms with Crippen LogP contribution in [0, 0.1) is 0 Å². The Morgan fingerprint density at radius 1 is 1.10 bits per heavy atom. The number of aromatic nitrogens is 1. The Hall–Kier alpha value is -2.03. The highest BCUT2D eigenvalue weighted by Gasteiger charge is 2.11. The smallest absolute Gasteiger partial charge is 0.237 e. The molecule has 0 saturated carbocycles. The fourth-order valence-corrected chi connectivity index (χ4v) is 2.18. The summed E-state index contributed by atoms with van der Waals surface area (Å²) in [5.74, 6) is 0.657. The van der Waals surface area contributed by atoms with Gasteiger partial charge in [-0.3, -0.25) is 0 Å². The van der Waals surface area contributed by atoms with Crippen LogP contribution in [0.4, 0.5) is 5.69 Å². The number of rotatable bonds is 6. The maximum atomic E-state index is 5.74. The SMILES string of the molecule is CCc1ccc(C(C)Nc2cccnc2OC(C)C)cc1. The maximum absolute atomic E-state index is 5.74. The van der Waals surface area contributed by atoms with Gasteiger partial charge in [-0.25, -0.2) is 4.98 Å². The van der Waals surface area contributed by atoms with E-state index < -0.39 is 0 Å². The van der Waals surface area contributed by atoms with E-state index in [1.165, 1.54) is 11.1 Å². The minimum Gasteiger partial charge on any atom is -0.473 e. The van der Waals surface area contributed by atoms with Crippen LogP contribution in [-0.4, -0.2) is 11.1 Å². The van der Waals surface area contributed by atoms with Crippen LogP contribution in [0.1, 0.15) is 44.9 Å². The minimum atomic E-state index is 0.111. The van der Waals surface area contributed by atoms with Crippen molar-refractivity contribution in [1.82, 2.24) is 4.98 Å². The first-order valence-corrected chi connectivity index (χ1v) is 7.57. The first kappa shape index (κ1) is 15.4. The molecule has 21 heavy (non-hydrogen) atoms. The summed E-state index contributed by atoms with van der Waals surface area (Å²) in [6.07, 6.45) is 2.93. The summed E-state index contributed by atoms with van der Waals surface area (Å²) in [6, 6.07) is 12.8. The molecule has 0 aliphatic rings. The Balaban J connectivity index is 2.13. The molecule has 0 fully saturated rings. The van der Waals surface area contributed by atoms with Crippen LogP contribution in [0.2, 0.25) is 0 Å². The number of nitrogens with one attached hydrogen (secondary N) is 1. The van der Waals surface area contributed by atoms with E-state index in [0.717, 1.165) is 12.1 Å². The van der Waals surface area contributed by atoms with Crippen LogP contribution in [0.15, 0.2) is 42.6 Å². The lowest BCUT2D eigenvalue weighted by Crippen LogP contribution is -2.12. The number of ether oxygens (including phenoxy) is 1. The number of benzene rings is 1. The average Bonchev–Trinajstić information content (AvgIpc) is 2.49. The van der Waals surface area contributed by atoms with Crippen molar-refractivity contribution in [2.45, 2.75) is 46.3 Å². The van der Waals surface area contributed by atoms with Crippen molar-refractivity contribution in [3.05, 3.63) is 53.7 Å². The molecule has 0 spiro atoms. The first-order chi connectivity index (χ1) is 10.1. The van der Waals surface area contributed by atoms with Crippen LogP contribution < -0.4 is 10.1 Å². The molecular formula is C18H24N2O. The standard InChI is InChI=1S/C18H24N2O/c1-5-15-8-10-16(11-9-15)14(4)20-17-7-6-12-19-18(17)21-13(2)3/h6-14,20H,5H2,1-4H3. The lowest BCUT2D eigenvalue weighted by atomic mass is 10.0. The fraction of sp³-hybridized carbons (Fsp3) is 0.389. The van der Waals surface area contributed by atoms with Crippen molar-refractivity contribution >= 4 is 5.69 Å². The molecule has 1 atom stereocenters. The molecule has 0 bridgehead atoms. The molecule has 112 valence electrons. The van der Waals surface area contributed by atoms with Gasteiger partial charge in [-0.2, -0.15) is 0 Å². The predicted molar refractivity (Wildman–Crippen MR) is 87.9 cm³/mol. The Morgan fingerprint density at radius 2 is 1.81 bits per heavy atom. The van der Waals surface area contributed by atoms with Gasteiger partial charge in [-0.05, 0) is 50.5 Å². The zero-order valence-corrected chi connectivity index (χ0v) is 13.3. The number of aryl methyl sites for hydroxylation is 1. The number of pyridine rings is 1. The Kier molecular flexibility index (Phi) is 5.20. The van der Waals surface area contributed by atoms with Crippen molar-refractivity contribution in [2.24, 2.45) is 0 Å². The number of hydrogen-bond acceptors (Lipinski definition) is 3. The molecule has 0 aliphatic carbocycles. The molecule has 2 aromatic rings. The van der Waals surface area contributed by atoms with E-state index in [9.17, 15) is 0 Å². The molecule has 0 radical (unpaired) electrons. The van der Waals surface area contributed by atoms with Gasteiger partial charge in [-0.1, -0.05) is 31.2 Å². The third kappa shape index (κ3) is 4.22. The Labute approximate surface area is 127 Å². The van der Waals surface area contributed by atoms with Gasteiger partial charge in [0.2, 0.25) is 5.88 Å². The second-order valence-corrected chi connectivity index (χ2v) is 5.48. The third-order valence-corrected chi connectivity index (χ3v) is 3.38. The highest BCUT2D eigenvalue weighted by atomic mass is 16.5. The second kappa shape index (κ2) is 7.11. The monoisotopic (exact) mass is 284 g/mol. The first-order valence-electron chi connectivity index (χ1n) is 7.57. The number of hydrogen-bond donors (Lipinski definition) is 1. The highest BCUT2D eigenvalue weighted by Crippen LogP contribution is 2.26. The van der Waals surface area contributed by atoms with Gasteiger partial charge in [0.1, 0.15) is 0 Å². The van der Waals surface area contributed by atoms with E-state index >= 15 is 0 Å². The van der Waals surface area contributed by atoms with E-state index in [2.05, 4.69) is 48.4 Å². The average molecular weight is 284 g/mol. The lowest BCUT2D eigenvalue weighted by Gasteiger charge is -2.19. The summed E-state index contributed by atoms with van der Waals surface area (Å²) < 4.78 is 5.74. The summed E-state index contributed by atoms with van der Waals surface area (Å²) in [6.45, 7) is 8.33. The molecule has 1 aromatic heterocycles. The summed E-state index contributed by atoms with van der Waals surface area (Å²) in [7, 11) is 0. The topological polar surface area (TPSA) is 34.2 Å². The van der Waals surface area contributed by atoms with Crippen LogP contribution in [0.5, 0.6) is 5.88 Å². The molecule has 1 heterocycles. The predicted octanol–water partition coefficient (Wildman–Crippen LogP) is 4.60. The molecular weight excluding hydrogens is 260 g/mol. The summed E-state index contributed by atoms with van der Waals surface area (Å²) in [4.78, 5) is 4.31. The van der Waals surface area contributed by atoms with Crippen molar-refractivity contribution in [2.75, 3.05) is 5.32 Å². The second-order valence-electron chi connectivity index (χ2n) is 5.48. The largest absolute Gasteiger partial charge is 0.473 e. The normalized spacial score (nSPS) is 12.2. The van der Waals surface area contributed by atoms with Gasteiger partial charge in [0.05, 0.1) is 11.8 Å². The van der Waals surface area contributed by atoms with Crippen LogP contribution in [0.3, 0.4) is 0 Å². The van der Waals surface area contributed by atoms with Gasteiger partial charge in [0, 0.05) is 12.2 Å². The third-order valence-electron chi connectivity index (χ3n) is 3.38. The summed E-state index contributed by atoms with van der Waals surface area (Å²) in [5, 5.41) is 3.48. The van der Waals surface area contributed by atoms with Gasteiger partial charge in [0.15, 0.2) is 0 Å². The summed E-state index contributed by atoms with van der Waals surface area (Å²) in [5.41, 5.74) is 3.54. The van der Waals surface area contributed by atoms with E-state index in [0.29, 0.717) is 5.88 Å². The Bertz CT molecular complexity index is 564. The van der Waals surface area contributed by atoms with E-state index in [1.807, 2.05) is 26.0 Å². The zero-order chi connectivity index (χ0) is 15.2. The highest BCUT2D eigenvalue weighted by molar-refractivity contribution is 5.53. The van der Waals surface area contributed by atoms with E-state index in [4.69, 9.17) is 4.74 Å². The maximum Gasteiger partial charge on any atom is 0.237 e. The Morgan fingerprint density at radius 3 is 2.43 bits per heavy atom. The minimum absolute atomic E-state index is 0.111. The van der Waals surface area contributed by atoms with Crippen molar-refractivity contribution in [3.8, 4) is 5.88 Å². The van der Waals surface area contributed by atoms with Crippen LogP contribution >= 0.6 is 0 Å². The molecule has 1 unspecified atom stereocenters. The van der Waals surface area contributed by atoms with Gasteiger partial charge < -0.3 is 10.1 Å². The molecule has 3 heteroatoms. The van der Waals surface area contributed by atoms with E-state index in [1.54, 1.807) is 6.20 Å². The molecule has 1 N–H and O–H groups in total. The molecule has 0 saturated heterocycles. The molecule has 2 rings (SSSR count). The zero-order valence-electron chi connectivity index (χ0n) is 13.3. The molecule has 1 aromatic carbocycles. The number of nitrogens with zero attached hydrogens (tertiary/aromatic N) is 1. The van der Waals surface area contributed by atoms with Gasteiger partial charge >= 0.3 is 0 Å². The van der Waals surface area contributed by atoms with Crippen molar-refractivity contribution in [1.29, 1.82) is 0 Å². The fourth-order valence-electron chi connectivity index (χ4n) is 2.18. The van der Waals surface area contributed by atoms with Gasteiger partial charge in [-0.15, -0.1) is 0 Å². The molecule has 0 aliphatic heterocycles. The van der Waals surface area contributed by atoms with Crippen LogP contribution in [0.25, 0.3) is 0 Å². The molecule has 3 nitrogen and oxygen atoms in total. The van der Waals surface area contributed by atoms with Crippen molar-refractivity contribution in [3.63, 3.8) is 0 Å². The van der Waals surface area contributed by atoms with Gasteiger partial charge in [0.25, 0.3) is 0 Å².